The van der Waals surface area contributed by atoms with Crippen molar-refractivity contribution in [3.8, 4) is 5.75 Å². The minimum absolute atomic E-state index is 0.0138. The van der Waals surface area contributed by atoms with Crippen LogP contribution in [0.1, 0.15) is 39.5 Å². The van der Waals surface area contributed by atoms with Gasteiger partial charge in [-0.1, -0.05) is 44.9 Å². The molecule has 0 spiro atoms. The largest absolute Gasteiger partial charge is 0.476 e. The van der Waals surface area contributed by atoms with E-state index in [9.17, 15) is 17.6 Å². The maximum absolute atomic E-state index is 13.6. The highest BCUT2D eigenvalue weighted by atomic mass is 32.2. The van der Waals surface area contributed by atoms with Gasteiger partial charge in [-0.3, -0.25) is 0 Å². The van der Waals surface area contributed by atoms with Crippen LogP contribution in [0.3, 0.4) is 0 Å². The van der Waals surface area contributed by atoms with E-state index < -0.39 is 27.4 Å². The Morgan fingerprint density at radius 1 is 1.29 bits per heavy atom. The second-order valence-corrected chi connectivity index (χ2v) is 10.6. The first-order chi connectivity index (χ1) is 16.2. The highest BCUT2D eigenvalue weighted by Gasteiger charge is 2.41. The van der Waals surface area contributed by atoms with Gasteiger partial charge in [0.15, 0.2) is 0 Å². The van der Waals surface area contributed by atoms with Crippen molar-refractivity contribution in [1.29, 1.82) is 0 Å². The topological polar surface area (TPSA) is 95.9 Å². The second-order valence-electron chi connectivity index (χ2n) is 8.12. The van der Waals surface area contributed by atoms with Gasteiger partial charge in [0.1, 0.15) is 16.9 Å². The Balaban J connectivity index is 2.23. The standard InChI is InChI=1S/C24H29FN2O5S2/c1-4-6-12-24(5-2)16-27(17-10-8-7-9-11-17)19-13-21(33-3)20(32-15-18(25)23(28)29)14-22(19)34(30,31)26-24/h7-11,13-15,26H,4-6,12,16H2,1-3H3,(H,28,29)/b18-15-. The van der Waals surface area contributed by atoms with Gasteiger partial charge in [0.25, 0.3) is 0 Å². The summed E-state index contributed by atoms with van der Waals surface area (Å²) in [4.78, 5) is 13.3. The van der Waals surface area contributed by atoms with Crippen molar-refractivity contribution in [2.24, 2.45) is 0 Å². The van der Waals surface area contributed by atoms with Crippen molar-refractivity contribution in [3.05, 3.63) is 54.6 Å². The Bertz CT molecular complexity index is 1170. The first-order valence-electron chi connectivity index (χ1n) is 11.0. The Hall–Kier alpha value is -2.56. The first kappa shape index (κ1) is 26.1. The molecule has 0 aliphatic carbocycles. The molecule has 1 atom stereocenters. The fourth-order valence-corrected chi connectivity index (χ4v) is 6.21. The Morgan fingerprint density at radius 2 is 2.00 bits per heavy atom. The molecule has 0 saturated heterocycles. The number of rotatable bonds is 9. The number of carboxylic acids is 1. The minimum atomic E-state index is -3.98. The molecule has 1 aliphatic heterocycles. The number of thioether (sulfide) groups is 1. The van der Waals surface area contributed by atoms with Crippen LogP contribution in [-0.4, -0.2) is 37.8 Å². The quantitative estimate of drug-likeness (QED) is 0.264. The molecule has 34 heavy (non-hydrogen) atoms. The summed E-state index contributed by atoms with van der Waals surface area (Å²) >= 11 is 1.29. The molecule has 10 heteroatoms. The van der Waals surface area contributed by atoms with E-state index in [1.807, 2.05) is 42.2 Å². The highest BCUT2D eigenvalue weighted by molar-refractivity contribution is 7.98. The molecule has 1 unspecified atom stereocenters. The fourth-order valence-electron chi connectivity index (χ4n) is 3.98. The summed E-state index contributed by atoms with van der Waals surface area (Å²) in [5.74, 6) is -3.20. The summed E-state index contributed by atoms with van der Waals surface area (Å²) in [5, 5.41) is 8.77. The zero-order valence-corrected chi connectivity index (χ0v) is 21.0. The molecule has 0 radical (unpaired) electrons. The molecule has 0 saturated carbocycles. The average Bonchev–Trinajstić information content (AvgIpc) is 2.93. The number of hydrogen-bond donors (Lipinski definition) is 2. The highest BCUT2D eigenvalue weighted by Crippen LogP contribution is 2.43. The van der Waals surface area contributed by atoms with Crippen molar-refractivity contribution >= 4 is 39.1 Å². The molecule has 1 heterocycles. The molecule has 2 aromatic rings. The van der Waals surface area contributed by atoms with Gasteiger partial charge in [0.05, 0.1) is 16.1 Å². The summed E-state index contributed by atoms with van der Waals surface area (Å²) < 4.78 is 49.0. The van der Waals surface area contributed by atoms with E-state index in [2.05, 4.69) is 11.6 Å². The maximum Gasteiger partial charge on any atom is 0.368 e. The Kier molecular flexibility index (Phi) is 8.27. The number of carboxylic acid groups (broad SMARTS) is 1. The van der Waals surface area contributed by atoms with E-state index >= 15 is 0 Å². The minimum Gasteiger partial charge on any atom is -0.476 e. The lowest BCUT2D eigenvalue weighted by molar-refractivity contribution is -0.134. The molecule has 0 aromatic heterocycles. The normalized spacial score (nSPS) is 19.9. The van der Waals surface area contributed by atoms with Gasteiger partial charge in [0.2, 0.25) is 15.9 Å². The number of hydrogen-bond acceptors (Lipinski definition) is 6. The molecule has 2 aromatic carbocycles. The summed E-state index contributed by atoms with van der Waals surface area (Å²) in [6.07, 6.45) is 5.29. The van der Waals surface area contributed by atoms with Crippen LogP contribution < -0.4 is 14.4 Å². The van der Waals surface area contributed by atoms with E-state index in [0.29, 0.717) is 36.2 Å². The summed E-state index contributed by atoms with van der Waals surface area (Å²) in [6.45, 7) is 4.47. The number of sulfonamides is 1. The smallest absolute Gasteiger partial charge is 0.368 e. The molecule has 184 valence electrons. The monoisotopic (exact) mass is 508 g/mol. The third-order valence-corrected chi connectivity index (χ3v) is 8.25. The number of nitrogens with one attached hydrogen (secondary N) is 1. The lowest BCUT2D eigenvalue weighted by Crippen LogP contribution is -2.52. The number of ether oxygens (including phenoxy) is 1. The van der Waals surface area contributed by atoms with E-state index in [0.717, 1.165) is 18.5 Å². The molecule has 7 nitrogen and oxygen atoms in total. The molecule has 2 N–H and O–H groups in total. The van der Waals surface area contributed by atoms with Gasteiger partial charge in [-0.25, -0.2) is 17.9 Å². The zero-order chi connectivity index (χ0) is 24.9. The maximum atomic E-state index is 13.6. The van der Waals surface area contributed by atoms with Crippen molar-refractivity contribution < 1.29 is 27.4 Å². The third-order valence-electron chi connectivity index (χ3n) is 5.88. The van der Waals surface area contributed by atoms with Gasteiger partial charge >= 0.3 is 5.97 Å². The number of aliphatic carboxylic acids is 1. The number of anilines is 2. The number of para-hydroxylation sites is 1. The van der Waals surface area contributed by atoms with E-state index in [4.69, 9.17) is 9.84 Å². The molecular weight excluding hydrogens is 479 g/mol. The Labute approximate surface area is 204 Å². The van der Waals surface area contributed by atoms with E-state index in [-0.39, 0.29) is 10.6 Å². The van der Waals surface area contributed by atoms with Crippen LogP contribution in [0.4, 0.5) is 15.8 Å². The lowest BCUT2D eigenvalue weighted by Gasteiger charge is -2.36. The zero-order valence-electron chi connectivity index (χ0n) is 19.4. The van der Waals surface area contributed by atoms with Gasteiger partial charge in [-0.2, -0.15) is 4.39 Å². The van der Waals surface area contributed by atoms with Gasteiger partial charge in [-0.05, 0) is 37.3 Å². The molecule has 0 fully saturated rings. The SMILES string of the molecule is CCCCC1(CC)CN(c2ccccc2)c2cc(SC)c(O/C=C(\F)C(=O)O)cc2S(=O)(=O)N1. The number of benzene rings is 2. The summed E-state index contributed by atoms with van der Waals surface area (Å²) in [5.41, 5.74) is 0.624. The third kappa shape index (κ3) is 5.56. The number of carbonyl (C=O) groups is 1. The number of unbranched alkanes of at least 4 members (excludes halogenated alkanes) is 1. The van der Waals surface area contributed by atoms with Crippen molar-refractivity contribution in [2.75, 3.05) is 17.7 Å². The van der Waals surface area contributed by atoms with Gasteiger partial charge < -0.3 is 14.7 Å². The van der Waals surface area contributed by atoms with Crippen LogP contribution in [0.15, 0.2) is 64.3 Å². The van der Waals surface area contributed by atoms with Crippen LogP contribution in [0.5, 0.6) is 5.75 Å². The summed E-state index contributed by atoms with van der Waals surface area (Å²) in [6, 6.07) is 12.6. The fraction of sp³-hybridized carbons (Fsp3) is 0.375. The Morgan fingerprint density at radius 3 is 2.59 bits per heavy atom. The van der Waals surface area contributed by atoms with Crippen molar-refractivity contribution in [2.45, 2.75) is 54.9 Å². The van der Waals surface area contributed by atoms with Crippen LogP contribution in [0.2, 0.25) is 0 Å². The van der Waals surface area contributed by atoms with Crippen molar-refractivity contribution in [1.82, 2.24) is 4.72 Å². The molecule has 1 aliphatic rings. The van der Waals surface area contributed by atoms with Crippen LogP contribution in [-0.2, 0) is 14.8 Å². The van der Waals surface area contributed by atoms with E-state index in [1.54, 1.807) is 12.3 Å². The predicted molar refractivity (Wildman–Crippen MR) is 132 cm³/mol. The van der Waals surface area contributed by atoms with Crippen LogP contribution >= 0.6 is 11.8 Å². The lowest BCUT2D eigenvalue weighted by atomic mass is 9.89. The number of fused-ring (bicyclic) bond motifs is 1. The van der Waals surface area contributed by atoms with Gasteiger partial charge in [-0.15, -0.1) is 11.8 Å². The van der Waals surface area contributed by atoms with Gasteiger partial charge in [0, 0.05) is 18.3 Å². The van der Waals surface area contributed by atoms with Crippen LogP contribution in [0, 0.1) is 0 Å². The van der Waals surface area contributed by atoms with Crippen LogP contribution in [0.25, 0.3) is 0 Å². The van der Waals surface area contributed by atoms with Crippen molar-refractivity contribution in [3.63, 3.8) is 0 Å². The molecule has 0 amide bonds. The molecular formula is C24H29FN2O5S2. The van der Waals surface area contributed by atoms with E-state index in [1.165, 1.54) is 17.8 Å². The first-order valence-corrected chi connectivity index (χ1v) is 13.7. The molecule has 0 bridgehead atoms. The average molecular weight is 509 g/mol. The molecule has 3 rings (SSSR count). The predicted octanol–water partition coefficient (Wildman–Crippen LogP) is 5.45. The number of halogens is 1. The number of nitrogens with zero attached hydrogens (tertiary/aromatic N) is 1. The second kappa shape index (κ2) is 10.8. The summed E-state index contributed by atoms with van der Waals surface area (Å²) in [7, 11) is -3.98.